The molecular weight excluding hydrogens is 434 g/mol. The molecule has 0 spiro atoms. The van der Waals surface area contributed by atoms with Gasteiger partial charge in [-0.2, -0.15) is 0 Å². The summed E-state index contributed by atoms with van der Waals surface area (Å²) >= 11 is 11.8. The van der Waals surface area contributed by atoms with Gasteiger partial charge in [-0.15, -0.1) is 0 Å². The van der Waals surface area contributed by atoms with E-state index in [1.54, 1.807) is 30.3 Å². The van der Waals surface area contributed by atoms with Gasteiger partial charge >= 0.3 is 6.09 Å². The molecule has 1 unspecified atom stereocenters. The number of thiocarbonyl (C=S) groups is 1. The number of carbonyl (C=O) groups is 2. The summed E-state index contributed by atoms with van der Waals surface area (Å²) in [6.45, 7) is 0. The van der Waals surface area contributed by atoms with Gasteiger partial charge in [-0.3, -0.25) is 10.1 Å². The van der Waals surface area contributed by atoms with E-state index in [9.17, 15) is 9.59 Å². The van der Waals surface area contributed by atoms with Gasteiger partial charge in [0.05, 0.1) is 12.8 Å². The SMILES string of the molecule is COC(=O)NC(=S)NC1(Cl)C=CC(C(=O)c2ccccc2)=C(Cc2ccccc2)C1=N. The summed E-state index contributed by atoms with van der Waals surface area (Å²) in [6, 6.07) is 18.3. The predicted molar refractivity (Wildman–Crippen MR) is 125 cm³/mol. The van der Waals surface area contributed by atoms with Crippen LogP contribution in [0, 0.1) is 5.41 Å². The van der Waals surface area contributed by atoms with Crippen LogP contribution in [0.5, 0.6) is 0 Å². The maximum Gasteiger partial charge on any atom is 0.413 e. The fourth-order valence-electron chi connectivity index (χ4n) is 3.12. The number of Topliss-reactive ketones (excluding diaryl/α,β-unsaturated/α-hetero) is 1. The smallest absolute Gasteiger partial charge is 0.413 e. The Balaban J connectivity index is 1.97. The van der Waals surface area contributed by atoms with Crippen LogP contribution in [0.25, 0.3) is 0 Å². The number of benzene rings is 2. The molecule has 0 radical (unpaired) electrons. The van der Waals surface area contributed by atoms with E-state index in [2.05, 4.69) is 15.4 Å². The topological polar surface area (TPSA) is 91.3 Å². The molecule has 0 fully saturated rings. The van der Waals surface area contributed by atoms with Crippen LogP contribution < -0.4 is 10.6 Å². The summed E-state index contributed by atoms with van der Waals surface area (Å²) in [5, 5.41) is 13.8. The van der Waals surface area contributed by atoms with Gasteiger partial charge in [0.15, 0.2) is 15.9 Å². The highest BCUT2D eigenvalue weighted by Crippen LogP contribution is 2.31. The first-order valence-corrected chi connectivity index (χ1v) is 10.1. The Bertz CT molecular complexity index is 1080. The lowest BCUT2D eigenvalue weighted by Crippen LogP contribution is -2.54. The van der Waals surface area contributed by atoms with Crippen LogP contribution in [0.15, 0.2) is 84.0 Å². The van der Waals surface area contributed by atoms with Gasteiger partial charge in [0.2, 0.25) is 0 Å². The number of hydrogen-bond acceptors (Lipinski definition) is 5. The molecule has 0 heterocycles. The molecule has 1 amide bonds. The standard InChI is InChI=1S/C23H20ClN3O3S/c1-30-22(29)26-21(31)27-23(24)13-12-17(19(28)16-10-6-3-7-11-16)18(20(23)25)14-15-8-4-2-5-9-15/h2-13,25H,14H2,1H3,(H2,26,27,29,31). The fraction of sp³-hybridized carbons (Fsp3) is 0.130. The number of amides is 1. The van der Waals surface area contributed by atoms with Crippen molar-refractivity contribution in [2.24, 2.45) is 0 Å². The van der Waals surface area contributed by atoms with Crippen LogP contribution in [0.3, 0.4) is 0 Å². The largest absolute Gasteiger partial charge is 0.453 e. The number of ether oxygens (including phenoxy) is 1. The van der Waals surface area contributed by atoms with Gasteiger partial charge in [0, 0.05) is 17.6 Å². The Morgan fingerprint density at radius 1 is 1.10 bits per heavy atom. The maximum absolute atomic E-state index is 13.2. The van der Waals surface area contributed by atoms with Crippen molar-refractivity contribution >= 4 is 46.5 Å². The fourth-order valence-corrected chi connectivity index (χ4v) is 3.69. The highest BCUT2D eigenvalue weighted by Gasteiger charge is 2.38. The monoisotopic (exact) mass is 453 g/mol. The zero-order chi connectivity index (χ0) is 22.4. The van der Waals surface area contributed by atoms with Crippen molar-refractivity contribution in [3.63, 3.8) is 0 Å². The molecule has 1 atom stereocenters. The van der Waals surface area contributed by atoms with E-state index in [4.69, 9.17) is 29.2 Å². The second kappa shape index (κ2) is 9.68. The molecule has 3 rings (SSSR count). The van der Waals surface area contributed by atoms with Gasteiger partial charge < -0.3 is 15.5 Å². The molecule has 158 valence electrons. The third-order valence-electron chi connectivity index (χ3n) is 4.67. The normalized spacial score (nSPS) is 17.8. The Labute approximate surface area is 190 Å². The number of carbonyl (C=O) groups excluding carboxylic acids is 2. The number of allylic oxidation sites excluding steroid dienone is 2. The molecule has 1 aliphatic rings. The van der Waals surface area contributed by atoms with Gasteiger partial charge in [0.25, 0.3) is 0 Å². The molecule has 0 saturated heterocycles. The first-order chi connectivity index (χ1) is 14.8. The molecule has 31 heavy (non-hydrogen) atoms. The zero-order valence-electron chi connectivity index (χ0n) is 16.6. The molecule has 2 aromatic carbocycles. The number of alkyl carbamates (subject to hydrolysis) is 1. The lowest BCUT2D eigenvalue weighted by Gasteiger charge is -2.32. The van der Waals surface area contributed by atoms with Crippen molar-refractivity contribution in [3.05, 3.63) is 95.1 Å². The van der Waals surface area contributed by atoms with Gasteiger partial charge in [-0.1, -0.05) is 78.3 Å². The van der Waals surface area contributed by atoms with E-state index in [0.717, 1.165) is 5.56 Å². The van der Waals surface area contributed by atoms with Crippen molar-refractivity contribution in [2.45, 2.75) is 11.4 Å². The van der Waals surface area contributed by atoms with Gasteiger partial charge in [0.1, 0.15) is 0 Å². The average Bonchev–Trinajstić information content (AvgIpc) is 2.78. The summed E-state index contributed by atoms with van der Waals surface area (Å²) in [4.78, 5) is 23.1. The van der Waals surface area contributed by atoms with Crippen LogP contribution in [-0.4, -0.2) is 34.8 Å². The number of hydrogen-bond donors (Lipinski definition) is 3. The number of ketones is 1. The number of rotatable bonds is 5. The van der Waals surface area contributed by atoms with Crippen LogP contribution >= 0.6 is 23.8 Å². The average molecular weight is 454 g/mol. The van der Waals surface area contributed by atoms with Crippen molar-refractivity contribution < 1.29 is 14.3 Å². The number of alkyl halides is 1. The van der Waals surface area contributed by atoms with E-state index in [0.29, 0.717) is 23.1 Å². The number of nitrogens with one attached hydrogen (secondary N) is 3. The summed E-state index contributed by atoms with van der Waals surface area (Å²) in [6.07, 6.45) is 2.63. The number of methoxy groups -OCH3 is 1. The second-order valence-corrected chi connectivity index (χ2v) is 7.74. The molecule has 8 heteroatoms. The summed E-state index contributed by atoms with van der Waals surface area (Å²) < 4.78 is 4.52. The van der Waals surface area contributed by atoms with Crippen molar-refractivity contribution in [1.29, 1.82) is 5.41 Å². The maximum atomic E-state index is 13.2. The van der Waals surface area contributed by atoms with E-state index < -0.39 is 11.1 Å². The van der Waals surface area contributed by atoms with Crippen LogP contribution in [0.2, 0.25) is 0 Å². The molecule has 2 aromatic rings. The Morgan fingerprint density at radius 3 is 2.32 bits per heavy atom. The van der Waals surface area contributed by atoms with Crippen molar-refractivity contribution in [3.8, 4) is 0 Å². The summed E-state index contributed by atoms with van der Waals surface area (Å²) in [5.41, 5.74) is 2.24. The molecule has 0 aromatic heterocycles. The molecule has 3 N–H and O–H groups in total. The third kappa shape index (κ3) is 5.25. The highest BCUT2D eigenvalue weighted by molar-refractivity contribution is 7.80. The Morgan fingerprint density at radius 2 is 1.71 bits per heavy atom. The molecule has 1 aliphatic carbocycles. The minimum atomic E-state index is -1.54. The quantitative estimate of drug-likeness (QED) is 0.273. The van der Waals surface area contributed by atoms with E-state index in [1.807, 2.05) is 36.4 Å². The molecule has 0 bridgehead atoms. The van der Waals surface area contributed by atoms with Gasteiger partial charge in [-0.05, 0) is 29.4 Å². The first-order valence-electron chi connectivity index (χ1n) is 9.35. The predicted octanol–water partition coefficient (Wildman–Crippen LogP) is 4.16. The molecular formula is C23H20ClN3O3S. The zero-order valence-corrected chi connectivity index (χ0v) is 18.2. The lowest BCUT2D eigenvalue weighted by molar-refractivity contribution is 0.103. The summed E-state index contributed by atoms with van der Waals surface area (Å²) in [5.74, 6) is -0.207. The Kier molecular flexibility index (Phi) is 6.99. The van der Waals surface area contributed by atoms with E-state index in [1.165, 1.54) is 13.2 Å². The second-order valence-electron chi connectivity index (χ2n) is 6.74. The van der Waals surface area contributed by atoms with Crippen LogP contribution in [0.4, 0.5) is 4.79 Å². The Hall–Kier alpha value is -3.29. The summed E-state index contributed by atoms with van der Waals surface area (Å²) in [7, 11) is 1.21. The molecule has 0 aliphatic heterocycles. The van der Waals surface area contributed by atoms with Crippen molar-refractivity contribution in [2.75, 3.05) is 7.11 Å². The number of halogens is 1. The van der Waals surface area contributed by atoms with Crippen LogP contribution in [-0.2, 0) is 11.2 Å². The lowest BCUT2D eigenvalue weighted by atomic mass is 9.84. The molecule has 6 nitrogen and oxygen atoms in total. The van der Waals surface area contributed by atoms with Gasteiger partial charge in [-0.25, -0.2) is 4.79 Å². The minimum Gasteiger partial charge on any atom is -0.453 e. The van der Waals surface area contributed by atoms with E-state index >= 15 is 0 Å². The molecule has 0 saturated carbocycles. The van der Waals surface area contributed by atoms with Crippen LogP contribution in [0.1, 0.15) is 15.9 Å². The minimum absolute atomic E-state index is 0.0335. The highest BCUT2D eigenvalue weighted by atomic mass is 35.5. The van der Waals surface area contributed by atoms with Crippen molar-refractivity contribution in [1.82, 2.24) is 10.6 Å². The van der Waals surface area contributed by atoms with E-state index in [-0.39, 0.29) is 16.6 Å². The first kappa shape index (κ1) is 22.4. The third-order valence-corrected chi connectivity index (χ3v) is 5.28.